The van der Waals surface area contributed by atoms with Gasteiger partial charge in [0.05, 0.1) is 17.6 Å². The fourth-order valence-corrected chi connectivity index (χ4v) is 2.71. The molecule has 0 spiro atoms. The second-order valence-corrected chi connectivity index (χ2v) is 6.37. The number of nitrogens with one attached hydrogen (secondary N) is 2. The van der Waals surface area contributed by atoms with E-state index in [0.717, 1.165) is 0 Å². The zero-order valence-electron chi connectivity index (χ0n) is 15.2. The Balaban J connectivity index is 2.11. The minimum Gasteiger partial charge on any atom is -0.383 e. The molecule has 138 valence electrons. The molecule has 2 aromatic heterocycles. The molecule has 2 heterocycles. The number of nitrogens with zero attached hydrogens (tertiary/aromatic N) is 4. The number of anilines is 1. The van der Waals surface area contributed by atoms with Crippen LogP contribution in [0.25, 0.3) is 16.7 Å². The van der Waals surface area contributed by atoms with E-state index < -0.39 is 0 Å². The SMILES string of the molecule is COCCN(C)C(=O)c1ccc2c(c1)nc(NC(C)C)c1n[nH]c(=O)n12. The third kappa shape index (κ3) is 3.25. The third-order valence-corrected chi connectivity index (χ3v) is 3.98. The van der Waals surface area contributed by atoms with Crippen molar-refractivity contribution in [2.24, 2.45) is 0 Å². The molecule has 0 bridgehead atoms. The van der Waals surface area contributed by atoms with Crippen LogP contribution in [0.5, 0.6) is 0 Å². The molecule has 0 radical (unpaired) electrons. The Bertz CT molecular complexity index is 1010. The van der Waals surface area contributed by atoms with Gasteiger partial charge in [-0.25, -0.2) is 19.3 Å². The van der Waals surface area contributed by atoms with Crippen LogP contribution >= 0.6 is 0 Å². The van der Waals surface area contributed by atoms with Crippen LogP contribution in [0.15, 0.2) is 23.0 Å². The molecule has 1 aromatic carbocycles. The molecule has 0 aliphatic heterocycles. The summed E-state index contributed by atoms with van der Waals surface area (Å²) >= 11 is 0. The molecule has 1 amide bonds. The zero-order valence-corrected chi connectivity index (χ0v) is 15.2. The summed E-state index contributed by atoms with van der Waals surface area (Å²) < 4.78 is 6.47. The summed E-state index contributed by atoms with van der Waals surface area (Å²) in [6.45, 7) is 4.89. The van der Waals surface area contributed by atoms with Gasteiger partial charge in [0.25, 0.3) is 5.91 Å². The molecule has 2 N–H and O–H groups in total. The lowest BCUT2D eigenvalue weighted by atomic mass is 10.1. The topological polar surface area (TPSA) is 105 Å². The van der Waals surface area contributed by atoms with Gasteiger partial charge in [0.15, 0.2) is 5.82 Å². The fourth-order valence-electron chi connectivity index (χ4n) is 2.71. The second kappa shape index (κ2) is 7.12. The Kier molecular flexibility index (Phi) is 4.90. The molecule has 3 rings (SSSR count). The lowest BCUT2D eigenvalue weighted by Crippen LogP contribution is -2.30. The van der Waals surface area contributed by atoms with Gasteiger partial charge >= 0.3 is 5.69 Å². The number of aromatic amines is 1. The lowest BCUT2D eigenvalue weighted by Gasteiger charge is -2.17. The van der Waals surface area contributed by atoms with Crippen LogP contribution < -0.4 is 11.0 Å². The number of likely N-dealkylation sites (N-methyl/N-ethyl adjacent to an activating group) is 1. The van der Waals surface area contributed by atoms with Crippen LogP contribution in [0.3, 0.4) is 0 Å². The first-order chi connectivity index (χ1) is 12.4. The predicted octanol–water partition coefficient (Wildman–Crippen LogP) is 1.11. The van der Waals surface area contributed by atoms with Crippen molar-refractivity contribution in [2.45, 2.75) is 19.9 Å². The molecule has 0 unspecified atom stereocenters. The average Bonchev–Trinajstić information content (AvgIpc) is 3.00. The van der Waals surface area contributed by atoms with Crippen molar-refractivity contribution >= 4 is 28.4 Å². The molecule has 0 saturated carbocycles. The molecule has 0 saturated heterocycles. The van der Waals surface area contributed by atoms with Crippen LogP contribution in [0.2, 0.25) is 0 Å². The Labute approximate surface area is 150 Å². The van der Waals surface area contributed by atoms with Gasteiger partial charge in [-0.3, -0.25) is 4.79 Å². The molecule has 9 heteroatoms. The first-order valence-electron chi connectivity index (χ1n) is 8.34. The van der Waals surface area contributed by atoms with E-state index in [0.29, 0.717) is 41.2 Å². The summed E-state index contributed by atoms with van der Waals surface area (Å²) in [4.78, 5) is 30.9. The second-order valence-electron chi connectivity index (χ2n) is 6.37. The van der Waals surface area contributed by atoms with Crippen LogP contribution in [-0.4, -0.2) is 63.7 Å². The van der Waals surface area contributed by atoms with E-state index in [1.165, 1.54) is 4.40 Å². The first kappa shape index (κ1) is 17.9. The summed E-state index contributed by atoms with van der Waals surface area (Å²) in [7, 11) is 3.31. The fraction of sp³-hybridized carbons (Fsp3) is 0.412. The van der Waals surface area contributed by atoms with Crippen LogP contribution in [-0.2, 0) is 4.74 Å². The van der Waals surface area contributed by atoms with Gasteiger partial charge in [0.1, 0.15) is 0 Å². The molecule has 0 fully saturated rings. The van der Waals surface area contributed by atoms with E-state index in [2.05, 4.69) is 20.5 Å². The van der Waals surface area contributed by atoms with E-state index in [-0.39, 0.29) is 17.6 Å². The minimum atomic E-state index is -0.351. The molecule has 9 nitrogen and oxygen atoms in total. The van der Waals surface area contributed by atoms with Crippen LogP contribution in [0, 0.1) is 0 Å². The maximum Gasteiger partial charge on any atom is 0.348 e. The number of hydrogen-bond acceptors (Lipinski definition) is 6. The van der Waals surface area contributed by atoms with E-state index in [1.54, 1.807) is 37.3 Å². The zero-order chi connectivity index (χ0) is 18.8. The summed E-state index contributed by atoms with van der Waals surface area (Å²) in [5.41, 5.74) is 1.69. The monoisotopic (exact) mass is 358 g/mol. The van der Waals surface area contributed by atoms with Crippen LogP contribution in [0.1, 0.15) is 24.2 Å². The Morgan fingerprint density at radius 2 is 2.19 bits per heavy atom. The van der Waals surface area contributed by atoms with E-state index in [9.17, 15) is 9.59 Å². The number of aromatic nitrogens is 4. The van der Waals surface area contributed by atoms with Gasteiger partial charge in [-0.2, -0.15) is 0 Å². The number of benzene rings is 1. The number of fused-ring (bicyclic) bond motifs is 3. The Morgan fingerprint density at radius 1 is 1.42 bits per heavy atom. The number of amides is 1. The highest BCUT2D eigenvalue weighted by Crippen LogP contribution is 2.21. The normalized spacial score (nSPS) is 11.4. The van der Waals surface area contributed by atoms with Crippen molar-refractivity contribution < 1.29 is 9.53 Å². The summed E-state index contributed by atoms with van der Waals surface area (Å²) in [6.07, 6.45) is 0. The molecular formula is C17H22N6O3. The van der Waals surface area contributed by atoms with Gasteiger partial charge in [-0.1, -0.05) is 0 Å². The largest absolute Gasteiger partial charge is 0.383 e. The molecule has 3 aromatic rings. The number of methoxy groups -OCH3 is 1. The van der Waals surface area contributed by atoms with Crippen molar-refractivity contribution in [1.82, 2.24) is 24.5 Å². The van der Waals surface area contributed by atoms with Gasteiger partial charge < -0.3 is 15.0 Å². The smallest absolute Gasteiger partial charge is 0.348 e. The Morgan fingerprint density at radius 3 is 2.88 bits per heavy atom. The maximum atomic E-state index is 12.6. The highest BCUT2D eigenvalue weighted by Gasteiger charge is 2.17. The number of ether oxygens (including phenoxy) is 1. The van der Waals surface area contributed by atoms with Crippen molar-refractivity contribution in [3.05, 3.63) is 34.2 Å². The number of rotatable bonds is 6. The summed E-state index contributed by atoms with van der Waals surface area (Å²) in [5.74, 6) is 0.354. The summed E-state index contributed by atoms with van der Waals surface area (Å²) in [5, 5.41) is 9.69. The Hall–Kier alpha value is -2.94. The molecule has 0 aliphatic carbocycles. The highest BCUT2D eigenvalue weighted by molar-refractivity contribution is 5.97. The van der Waals surface area contributed by atoms with E-state index in [1.807, 2.05) is 13.8 Å². The lowest BCUT2D eigenvalue weighted by molar-refractivity contribution is 0.0744. The number of carbonyl (C=O) groups excluding carboxylic acids is 1. The van der Waals surface area contributed by atoms with Crippen molar-refractivity contribution in [1.29, 1.82) is 0 Å². The number of H-pyrrole nitrogens is 1. The molecule has 26 heavy (non-hydrogen) atoms. The minimum absolute atomic E-state index is 0.112. The van der Waals surface area contributed by atoms with Gasteiger partial charge in [-0.15, -0.1) is 5.10 Å². The average molecular weight is 358 g/mol. The van der Waals surface area contributed by atoms with E-state index >= 15 is 0 Å². The van der Waals surface area contributed by atoms with Crippen molar-refractivity contribution in [3.63, 3.8) is 0 Å². The predicted molar refractivity (Wildman–Crippen MR) is 98.7 cm³/mol. The van der Waals surface area contributed by atoms with E-state index in [4.69, 9.17) is 4.74 Å². The van der Waals surface area contributed by atoms with Crippen molar-refractivity contribution in [2.75, 3.05) is 32.6 Å². The molecule has 0 aliphatic rings. The first-order valence-corrected chi connectivity index (χ1v) is 8.34. The van der Waals surface area contributed by atoms with Gasteiger partial charge in [0.2, 0.25) is 5.65 Å². The summed E-state index contributed by atoms with van der Waals surface area (Å²) in [6, 6.07) is 5.19. The highest BCUT2D eigenvalue weighted by atomic mass is 16.5. The quantitative estimate of drug-likeness (QED) is 0.684. The number of carbonyl (C=O) groups is 1. The van der Waals surface area contributed by atoms with Crippen LogP contribution in [0.4, 0.5) is 5.82 Å². The number of hydrogen-bond donors (Lipinski definition) is 2. The molecular weight excluding hydrogens is 336 g/mol. The third-order valence-electron chi connectivity index (χ3n) is 3.98. The van der Waals surface area contributed by atoms with Gasteiger partial charge in [0, 0.05) is 32.3 Å². The van der Waals surface area contributed by atoms with Crippen molar-refractivity contribution in [3.8, 4) is 0 Å². The standard InChI is InChI=1S/C17H22N6O3/c1-10(2)18-14-15-20-21-17(25)23(15)13-6-5-11(9-12(13)19-14)16(24)22(3)7-8-26-4/h5-6,9-10H,7-8H2,1-4H3,(H,18,19)(H,21,25). The maximum absolute atomic E-state index is 12.6. The van der Waals surface area contributed by atoms with Gasteiger partial charge in [-0.05, 0) is 32.0 Å². The molecule has 0 atom stereocenters.